The maximum Gasteiger partial charge on any atom is 0.289 e. The number of rotatable bonds is 10. The predicted octanol–water partition coefficient (Wildman–Crippen LogP) is 1.01. The lowest BCUT2D eigenvalue weighted by Gasteiger charge is -2.39. The molecule has 3 rings (SSSR count). The van der Waals surface area contributed by atoms with Gasteiger partial charge < -0.3 is 15.4 Å². The van der Waals surface area contributed by atoms with Crippen molar-refractivity contribution in [2.24, 2.45) is 5.92 Å². The van der Waals surface area contributed by atoms with E-state index in [4.69, 9.17) is 4.74 Å². The number of morpholine rings is 1. The Bertz CT molecular complexity index is 828. The number of hydrogen-bond acceptors (Lipinski definition) is 6. The minimum Gasteiger partial charge on any atom is -0.379 e. The third-order valence-electron chi connectivity index (χ3n) is 7.02. The SMILES string of the molecule is CC(C)C[C@H](NC(=O)C1(NS(=O)(=O)N2CCOCC2)CCCCC1)C(=O)C(=O)NC1CCCC1. The minimum atomic E-state index is -3.92. The van der Waals surface area contributed by atoms with Crippen LogP contribution in [0.3, 0.4) is 0 Å². The van der Waals surface area contributed by atoms with Crippen LogP contribution in [0.4, 0.5) is 0 Å². The summed E-state index contributed by atoms with van der Waals surface area (Å²) in [4.78, 5) is 39.3. The first-order valence-electron chi connectivity index (χ1n) is 12.7. The molecule has 0 unspecified atom stereocenters. The zero-order chi connectivity index (χ0) is 24.8. The third-order valence-corrected chi connectivity index (χ3v) is 8.71. The highest BCUT2D eigenvalue weighted by Gasteiger charge is 2.45. The molecule has 0 aromatic carbocycles. The van der Waals surface area contributed by atoms with E-state index in [1.54, 1.807) is 0 Å². The Morgan fingerprint density at radius 3 is 2.21 bits per heavy atom. The second kappa shape index (κ2) is 11.9. The molecule has 0 spiro atoms. The van der Waals surface area contributed by atoms with Gasteiger partial charge in [-0.1, -0.05) is 46.0 Å². The van der Waals surface area contributed by atoms with Crippen molar-refractivity contribution in [3.8, 4) is 0 Å². The summed E-state index contributed by atoms with van der Waals surface area (Å²) in [5.74, 6) is -1.82. The quantitative estimate of drug-likeness (QED) is 0.384. The summed E-state index contributed by atoms with van der Waals surface area (Å²) in [6.45, 7) is 4.89. The summed E-state index contributed by atoms with van der Waals surface area (Å²) >= 11 is 0. The molecule has 1 aliphatic heterocycles. The summed E-state index contributed by atoms with van der Waals surface area (Å²) in [6.07, 6.45) is 7.06. The van der Waals surface area contributed by atoms with Gasteiger partial charge in [-0.2, -0.15) is 17.4 Å². The molecule has 0 aromatic heterocycles. The van der Waals surface area contributed by atoms with E-state index in [0.717, 1.165) is 32.1 Å². The topological polar surface area (TPSA) is 134 Å². The lowest BCUT2D eigenvalue weighted by molar-refractivity contribution is -0.141. The summed E-state index contributed by atoms with van der Waals surface area (Å²) in [6, 6.07) is -1.00. The van der Waals surface area contributed by atoms with E-state index in [1.807, 2.05) is 13.8 Å². The first-order chi connectivity index (χ1) is 16.1. The lowest BCUT2D eigenvalue weighted by Crippen LogP contribution is -2.64. The number of carbonyl (C=O) groups excluding carboxylic acids is 3. The van der Waals surface area contributed by atoms with Crippen LogP contribution in [-0.2, 0) is 29.3 Å². The molecule has 2 amide bonds. The van der Waals surface area contributed by atoms with E-state index in [2.05, 4.69) is 15.4 Å². The fraction of sp³-hybridized carbons (Fsp3) is 0.870. The summed E-state index contributed by atoms with van der Waals surface area (Å²) < 4.78 is 35.5. The first-order valence-corrected chi connectivity index (χ1v) is 14.1. The second-order valence-corrected chi connectivity index (χ2v) is 11.9. The van der Waals surface area contributed by atoms with Crippen molar-refractivity contribution in [2.45, 2.75) is 95.7 Å². The van der Waals surface area contributed by atoms with Crippen LogP contribution in [0.5, 0.6) is 0 Å². The van der Waals surface area contributed by atoms with Gasteiger partial charge >= 0.3 is 0 Å². The van der Waals surface area contributed by atoms with E-state index < -0.39 is 39.4 Å². The molecule has 1 heterocycles. The highest BCUT2D eigenvalue weighted by molar-refractivity contribution is 7.87. The molecule has 0 bridgehead atoms. The van der Waals surface area contributed by atoms with Crippen LogP contribution in [0, 0.1) is 5.92 Å². The minimum absolute atomic E-state index is 0.00290. The fourth-order valence-corrected chi connectivity index (χ4v) is 6.66. The Kier molecular flexibility index (Phi) is 9.48. The maximum atomic E-state index is 13.6. The number of nitrogens with zero attached hydrogens (tertiary/aromatic N) is 1. The molecule has 0 aromatic rings. The van der Waals surface area contributed by atoms with Crippen LogP contribution in [0.25, 0.3) is 0 Å². The van der Waals surface area contributed by atoms with Gasteiger partial charge in [-0.15, -0.1) is 0 Å². The predicted molar refractivity (Wildman–Crippen MR) is 127 cm³/mol. The van der Waals surface area contributed by atoms with E-state index in [-0.39, 0.29) is 25.0 Å². The molecular formula is C23H40N4O6S. The molecule has 1 atom stereocenters. The molecule has 1 saturated heterocycles. The molecule has 11 heteroatoms. The zero-order valence-corrected chi connectivity index (χ0v) is 21.3. The number of carbonyl (C=O) groups is 3. The van der Waals surface area contributed by atoms with Crippen LogP contribution in [0.15, 0.2) is 0 Å². The lowest BCUT2D eigenvalue weighted by atomic mass is 9.81. The monoisotopic (exact) mass is 500 g/mol. The standard InChI is InChI=1S/C23H40N4O6S/c1-17(2)16-19(20(28)21(29)24-18-8-4-5-9-18)25-22(30)23(10-6-3-7-11-23)26-34(31,32)27-12-14-33-15-13-27/h17-19,26H,3-16H2,1-2H3,(H,24,29)(H,25,30)/t19-/m0/s1. The average molecular weight is 501 g/mol. The van der Waals surface area contributed by atoms with E-state index >= 15 is 0 Å². The Morgan fingerprint density at radius 2 is 1.62 bits per heavy atom. The van der Waals surface area contributed by atoms with Crippen molar-refractivity contribution in [1.29, 1.82) is 0 Å². The third kappa shape index (κ3) is 6.99. The molecule has 10 nitrogen and oxygen atoms in total. The Morgan fingerprint density at radius 1 is 1.00 bits per heavy atom. The number of ketones is 1. The summed E-state index contributed by atoms with van der Waals surface area (Å²) in [5.41, 5.74) is -1.34. The van der Waals surface area contributed by atoms with Gasteiger partial charge in [0.1, 0.15) is 5.54 Å². The van der Waals surface area contributed by atoms with Crippen LogP contribution in [0.1, 0.15) is 78.1 Å². The van der Waals surface area contributed by atoms with Crippen molar-refractivity contribution in [2.75, 3.05) is 26.3 Å². The second-order valence-electron chi connectivity index (χ2n) is 10.2. The van der Waals surface area contributed by atoms with E-state index in [9.17, 15) is 22.8 Å². The van der Waals surface area contributed by atoms with Crippen molar-refractivity contribution < 1.29 is 27.5 Å². The van der Waals surface area contributed by atoms with Crippen molar-refractivity contribution >= 4 is 27.8 Å². The van der Waals surface area contributed by atoms with Gasteiger partial charge in [-0.05, 0) is 38.0 Å². The highest BCUT2D eigenvalue weighted by Crippen LogP contribution is 2.30. The molecule has 34 heavy (non-hydrogen) atoms. The zero-order valence-electron chi connectivity index (χ0n) is 20.4. The molecule has 194 valence electrons. The molecule has 2 saturated carbocycles. The number of ether oxygens (including phenoxy) is 1. The normalized spacial score (nSPS) is 22.9. The highest BCUT2D eigenvalue weighted by atomic mass is 32.2. The molecule has 3 N–H and O–H groups in total. The van der Waals surface area contributed by atoms with Crippen LogP contribution in [0.2, 0.25) is 0 Å². The molecule has 0 radical (unpaired) electrons. The smallest absolute Gasteiger partial charge is 0.289 e. The van der Waals surface area contributed by atoms with Crippen molar-refractivity contribution in [1.82, 2.24) is 19.7 Å². The van der Waals surface area contributed by atoms with Crippen LogP contribution in [-0.4, -0.2) is 74.2 Å². The average Bonchev–Trinajstić information content (AvgIpc) is 3.31. The number of nitrogens with one attached hydrogen (secondary N) is 3. The Labute approximate surface area is 203 Å². The molecule has 3 fully saturated rings. The van der Waals surface area contributed by atoms with Gasteiger partial charge in [0.15, 0.2) is 0 Å². The van der Waals surface area contributed by atoms with Crippen LogP contribution >= 0.6 is 0 Å². The van der Waals surface area contributed by atoms with Crippen molar-refractivity contribution in [3.05, 3.63) is 0 Å². The van der Waals surface area contributed by atoms with Gasteiger partial charge in [0, 0.05) is 19.1 Å². The van der Waals surface area contributed by atoms with Gasteiger partial charge in [0.2, 0.25) is 11.7 Å². The maximum absolute atomic E-state index is 13.6. The first kappa shape index (κ1) is 27.0. The van der Waals surface area contributed by atoms with E-state index in [0.29, 0.717) is 45.3 Å². The summed E-state index contributed by atoms with van der Waals surface area (Å²) in [7, 11) is -3.92. The fourth-order valence-electron chi connectivity index (χ4n) is 5.11. The van der Waals surface area contributed by atoms with Crippen LogP contribution < -0.4 is 15.4 Å². The Balaban J connectivity index is 1.75. The number of hydrogen-bond donors (Lipinski definition) is 3. The summed E-state index contributed by atoms with van der Waals surface area (Å²) in [5, 5.41) is 5.58. The number of Topliss-reactive ketones (excluding diaryl/α,β-unsaturated/α-hetero) is 1. The molecule has 3 aliphatic rings. The molecule has 2 aliphatic carbocycles. The van der Waals surface area contributed by atoms with Gasteiger partial charge in [-0.3, -0.25) is 14.4 Å². The van der Waals surface area contributed by atoms with Crippen molar-refractivity contribution in [3.63, 3.8) is 0 Å². The van der Waals surface area contributed by atoms with Gasteiger partial charge in [0.25, 0.3) is 16.1 Å². The van der Waals surface area contributed by atoms with Gasteiger partial charge in [-0.25, -0.2) is 0 Å². The van der Waals surface area contributed by atoms with Gasteiger partial charge in [0.05, 0.1) is 19.3 Å². The van der Waals surface area contributed by atoms with E-state index in [1.165, 1.54) is 4.31 Å². The Hall–Kier alpha value is -1.56. The molecular weight excluding hydrogens is 460 g/mol. The number of amides is 2. The largest absolute Gasteiger partial charge is 0.379 e.